The average Bonchev–Trinajstić information content (AvgIpc) is 1.51. The zero-order valence-corrected chi connectivity index (χ0v) is 70.8. The van der Waals surface area contributed by atoms with Crippen LogP contribution in [0.15, 0.2) is 364 Å². The second-order valence-electron chi connectivity index (χ2n) is 21.6. The predicted molar refractivity (Wildman–Crippen MR) is 506 cm³/mol. The summed E-state index contributed by atoms with van der Waals surface area (Å²) in [6.45, 7) is 48.8. The summed E-state index contributed by atoms with van der Waals surface area (Å²) >= 11 is 0. The first-order valence-electron chi connectivity index (χ1n) is 39.9. The molecule has 6 heteroatoms. The molecule has 0 bridgehead atoms. The van der Waals surface area contributed by atoms with Crippen LogP contribution in [0.3, 0.4) is 0 Å². The van der Waals surface area contributed by atoms with Crippen molar-refractivity contribution in [3.8, 4) is 11.1 Å². The van der Waals surface area contributed by atoms with E-state index < -0.39 is 28.9 Å². The Bertz CT molecular complexity index is 3500. The van der Waals surface area contributed by atoms with E-state index in [0.717, 1.165) is 55.0 Å². The lowest BCUT2D eigenvalue weighted by Crippen LogP contribution is -2.54. The summed E-state index contributed by atoms with van der Waals surface area (Å²) in [7, 11) is 0. The summed E-state index contributed by atoms with van der Waals surface area (Å²) in [5.41, 5.74) is 7.60. The van der Waals surface area contributed by atoms with Gasteiger partial charge in [0.25, 0.3) is 0 Å². The molecule has 0 atom stereocenters. The van der Waals surface area contributed by atoms with E-state index in [9.17, 15) is 26.3 Å². The van der Waals surface area contributed by atoms with E-state index in [1.54, 1.807) is 0 Å². The van der Waals surface area contributed by atoms with E-state index in [2.05, 4.69) is 258 Å². The van der Waals surface area contributed by atoms with E-state index in [4.69, 9.17) is 0 Å². The van der Waals surface area contributed by atoms with E-state index in [1.807, 2.05) is 211 Å². The number of rotatable bonds is 8. The van der Waals surface area contributed by atoms with Crippen LogP contribution in [0.4, 0.5) is 26.3 Å². The molecule has 0 aliphatic heterocycles. The second-order valence-corrected chi connectivity index (χ2v) is 21.6. The van der Waals surface area contributed by atoms with Crippen LogP contribution in [0.5, 0.6) is 0 Å². The van der Waals surface area contributed by atoms with Gasteiger partial charge in [-0.1, -0.05) is 574 Å². The smallest absolute Gasteiger partial charge is 0.169 e. The summed E-state index contributed by atoms with van der Waals surface area (Å²) in [6, 6.07) is 117. The third-order valence-electron chi connectivity index (χ3n) is 15.0. The number of hydrogen-bond acceptors (Lipinski definition) is 0. The quantitative estimate of drug-likeness (QED) is 0.133. The van der Waals surface area contributed by atoms with Gasteiger partial charge in [0.1, 0.15) is 0 Å². The molecule has 1 aliphatic rings. The molecule has 0 heterocycles. The Morgan fingerprint density at radius 1 is 0.219 bits per heavy atom. The Kier molecular flexibility index (Phi) is 82.9. The van der Waals surface area contributed by atoms with Crippen molar-refractivity contribution in [2.75, 3.05) is 0 Å². The van der Waals surface area contributed by atoms with Crippen molar-refractivity contribution in [2.45, 2.75) is 245 Å². The standard InChI is InChI=1S/C25H18.C15H10F6.C15H16.C13H12.2C6H6.C3H8.10C2H6.5CH4/c1-3-11-19(12-4-1)25(20-13-5-2-6-14-20)23-17-9-7-15-21(23)22-16-8-10-18-24(22)25;16-14(17,18)13(15(19,20)21,11-7-3-1-4-8-11)12-9-5-2-6-10-12;1-15(2,13-9-5-3-6-10-13)14-11-7-4-8-12-14;1-3-7-12(8-4-1)11-13-9-5-2-6-10-13;2*1-2-4-6-5-3-1;1-3-2;10*1-2;;;;;/h1-18H;1-10H;3-12H,1-2H3;1-10H,11H2;2*1-6H;3H2,1-2H3;10*1-2H3;5*1H4. The van der Waals surface area contributed by atoms with Gasteiger partial charge in [0.15, 0.2) is 0 Å². The normalized spacial score (nSPS) is 9.63. The largest absolute Gasteiger partial charge is 0.411 e. The SMILES string of the molecule is C.C.C.C.C.CC.CC.CC.CC.CC.CC.CC.CC.CC.CC.CC(C)(c1ccccc1)c1ccccc1.CCC.FC(F)(F)C(c1ccccc1)(c1ccccc1)C(F)(F)F.c1ccc(C2(c3ccccc3)c3ccccc3-c3ccccc32)cc1.c1ccc(Cc2ccccc2)cc1.c1ccccc1.c1ccccc1. The van der Waals surface area contributed by atoms with Crippen LogP contribution in [0.1, 0.15) is 265 Å². The summed E-state index contributed by atoms with van der Waals surface area (Å²) in [6.07, 6.45) is -8.76. The minimum Gasteiger partial charge on any atom is -0.169 e. The van der Waals surface area contributed by atoms with Crippen molar-refractivity contribution in [2.24, 2.45) is 0 Å². The summed E-state index contributed by atoms with van der Waals surface area (Å²) in [4.78, 5) is 0. The molecule has 0 nitrogen and oxygen atoms in total. The zero-order valence-electron chi connectivity index (χ0n) is 70.8. The molecule has 1 aliphatic carbocycles. The molecule has 0 saturated carbocycles. The van der Waals surface area contributed by atoms with Gasteiger partial charge < -0.3 is 0 Å². The van der Waals surface area contributed by atoms with Crippen molar-refractivity contribution in [1.82, 2.24) is 0 Å². The van der Waals surface area contributed by atoms with Crippen LogP contribution in [-0.2, 0) is 22.7 Å². The van der Waals surface area contributed by atoms with Gasteiger partial charge in [-0.2, -0.15) is 26.3 Å². The van der Waals surface area contributed by atoms with Gasteiger partial charge in [0.2, 0.25) is 5.41 Å². The maximum atomic E-state index is 13.5. The minimum absolute atomic E-state index is 0. The molecule has 0 amide bonds. The third-order valence-corrected chi connectivity index (χ3v) is 15.0. The molecule has 12 aromatic carbocycles. The van der Waals surface area contributed by atoms with Crippen molar-refractivity contribution >= 4 is 0 Å². The molecule has 0 fully saturated rings. The molecule has 13 rings (SSSR count). The fourth-order valence-electron chi connectivity index (χ4n) is 10.8. The van der Waals surface area contributed by atoms with Gasteiger partial charge in [0.05, 0.1) is 5.41 Å². The van der Waals surface area contributed by atoms with Gasteiger partial charge in [0, 0.05) is 5.41 Å². The number of alkyl halides is 6. The molecule has 0 N–H and O–H groups in total. The fraction of sp³-hybridized carbons (Fsp3) is 0.333. The molecular formula is C108H156F6. The van der Waals surface area contributed by atoms with Gasteiger partial charge in [-0.3, -0.25) is 0 Å². The first kappa shape index (κ1) is 122. The van der Waals surface area contributed by atoms with E-state index in [0.29, 0.717) is 0 Å². The van der Waals surface area contributed by atoms with Crippen LogP contribution in [0.2, 0.25) is 0 Å². The highest BCUT2D eigenvalue weighted by atomic mass is 19.4. The molecule has 0 unspecified atom stereocenters. The van der Waals surface area contributed by atoms with E-state index in [1.165, 1.54) is 74.2 Å². The van der Waals surface area contributed by atoms with Crippen molar-refractivity contribution in [1.29, 1.82) is 0 Å². The molecule has 0 aromatic heterocycles. The highest BCUT2D eigenvalue weighted by molar-refractivity contribution is 5.86. The number of fused-ring (bicyclic) bond motifs is 3. The predicted octanol–water partition coefficient (Wildman–Crippen LogP) is 36.7. The molecule has 0 spiro atoms. The third kappa shape index (κ3) is 39.8. The Balaban J connectivity index is -0.000000162. The molecule has 114 heavy (non-hydrogen) atoms. The topological polar surface area (TPSA) is 0 Å². The summed E-state index contributed by atoms with van der Waals surface area (Å²) in [5.74, 6) is 0. The number of halogens is 6. The summed E-state index contributed by atoms with van der Waals surface area (Å²) < 4.78 is 81.1. The van der Waals surface area contributed by atoms with Crippen molar-refractivity contribution in [3.05, 3.63) is 420 Å². The lowest BCUT2D eigenvalue weighted by atomic mass is 9.68. The molecule has 12 aromatic rings. The van der Waals surface area contributed by atoms with E-state index in [-0.39, 0.29) is 48.0 Å². The van der Waals surface area contributed by atoms with Crippen LogP contribution >= 0.6 is 0 Å². The van der Waals surface area contributed by atoms with Crippen LogP contribution < -0.4 is 0 Å². The maximum absolute atomic E-state index is 13.5. The molecule has 0 saturated heterocycles. The monoisotopic (exact) mass is 1570 g/mol. The Morgan fingerprint density at radius 3 is 0.579 bits per heavy atom. The lowest BCUT2D eigenvalue weighted by Gasteiger charge is -2.38. The highest BCUT2D eigenvalue weighted by Gasteiger charge is 2.72. The van der Waals surface area contributed by atoms with Crippen LogP contribution in [0, 0.1) is 0 Å². The van der Waals surface area contributed by atoms with Gasteiger partial charge >= 0.3 is 12.4 Å². The highest BCUT2D eigenvalue weighted by Crippen LogP contribution is 2.57. The Morgan fingerprint density at radius 2 is 0.377 bits per heavy atom. The summed E-state index contributed by atoms with van der Waals surface area (Å²) in [5, 5.41) is 0. The molecular weight excluding hydrogens is 1410 g/mol. The number of hydrogen-bond donors (Lipinski definition) is 0. The second kappa shape index (κ2) is 77.2. The lowest BCUT2D eigenvalue weighted by molar-refractivity contribution is -0.288. The van der Waals surface area contributed by atoms with Crippen LogP contribution in [0.25, 0.3) is 11.1 Å². The molecule has 630 valence electrons. The van der Waals surface area contributed by atoms with Gasteiger partial charge in [-0.25, -0.2) is 0 Å². The fourth-order valence-corrected chi connectivity index (χ4v) is 10.8. The number of benzene rings is 12. The average molecular weight is 1570 g/mol. The van der Waals surface area contributed by atoms with Gasteiger partial charge in [-0.15, -0.1) is 0 Å². The zero-order chi connectivity index (χ0) is 83.3. The molecule has 0 radical (unpaired) electrons. The van der Waals surface area contributed by atoms with Gasteiger partial charge in [-0.05, 0) is 73.2 Å². The van der Waals surface area contributed by atoms with E-state index >= 15 is 0 Å². The van der Waals surface area contributed by atoms with Crippen molar-refractivity contribution < 1.29 is 26.3 Å². The Labute approximate surface area is 697 Å². The minimum atomic E-state index is -5.52. The maximum Gasteiger partial charge on any atom is 0.411 e. The first-order valence-corrected chi connectivity index (χ1v) is 39.9. The first-order chi connectivity index (χ1) is 53.2. The van der Waals surface area contributed by atoms with Crippen LogP contribution in [-0.4, -0.2) is 12.4 Å². The van der Waals surface area contributed by atoms with Crippen molar-refractivity contribution in [3.63, 3.8) is 0 Å². The Hall–Kier alpha value is -9.78.